The van der Waals surface area contributed by atoms with Gasteiger partial charge in [-0.3, -0.25) is 14.5 Å². The fourth-order valence-corrected chi connectivity index (χ4v) is 5.44. The summed E-state index contributed by atoms with van der Waals surface area (Å²) in [5.74, 6) is -1.39. The Morgan fingerprint density at radius 3 is 2.49 bits per heavy atom. The zero-order valence-corrected chi connectivity index (χ0v) is 24.2. The summed E-state index contributed by atoms with van der Waals surface area (Å²) in [5.41, 5.74) is 1.94. The average molecular weight is 577 g/mol. The minimum absolute atomic E-state index is 0.0178. The Hall–Kier alpha value is -4.44. The van der Waals surface area contributed by atoms with Crippen LogP contribution in [0.4, 0.5) is 5.13 Å². The van der Waals surface area contributed by atoms with Gasteiger partial charge in [0.05, 0.1) is 30.5 Å². The highest BCUT2D eigenvalue weighted by Gasteiger charge is 2.48. The first-order chi connectivity index (χ1) is 19.7. The number of hydrogen-bond donors (Lipinski definition) is 1. The van der Waals surface area contributed by atoms with E-state index in [0.717, 1.165) is 23.3 Å². The predicted molar refractivity (Wildman–Crippen MR) is 157 cm³/mol. The largest absolute Gasteiger partial charge is 0.507 e. The van der Waals surface area contributed by atoms with Crippen LogP contribution < -0.4 is 14.4 Å². The maximum absolute atomic E-state index is 13.5. The van der Waals surface area contributed by atoms with E-state index in [-0.39, 0.29) is 27.9 Å². The normalized spacial score (nSPS) is 16.1. The highest BCUT2D eigenvalue weighted by molar-refractivity contribution is 7.17. The Morgan fingerprint density at radius 1 is 1.12 bits per heavy atom. The molecule has 0 unspecified atom stereocenters. The minimum Gasteiger partial charge on any atom is -0.507 e. The van der Waals surface area contributed by atoms with Crippen molar-refractivity contribution in [1.29, 1.82) is 0 Å². The van der Waals surface area contributed by atoms with E-state index in [2.05, 4.69) is 11.6 Å². The van der Waals surface area contributed by atoms with Gasteiger partial charge in [0.1, 0.15) is 28.7 Å². The number of Topliss-reactive ketones (excluding diaryl/α,β-unsaturated/α-hetero) is 1. The summed E-state index contributed by atoms with van der Waals surface area (Å²) >= 11 is 0.941. The van der Waals surface area contributed by atoms with Gasteiger partial charge in [-0.15, -0.1) is 0 Å². The zero-order valence-electron chi connectivity index (χ0n) is 23.4. The van der Waals surface area contributed by atoms with Crippen molar-refractivity contribution >= 4 is 39.9 Å². The number of aliphatic hydroxyl groups is 1. The van der Waals surface area contributed by atoms with Crippen LogP contribution in [-0.2, 0) is 14.3 Å². The Labute approximate surface area is 242 Å². The summed E-state index contributed by atoms with van der Waals surface area (Å²) < 4.78 is 16.5. The van der Waals surface area contributed by atoms with Crippen molar-refractivity contribution in [3.8, 4) is 11.5 Å². The van der Waals surface area contributed by atoms with Crippen LogP contribution in [-0.4, -0.2) is 47.6 Å². The maximum atomic E-state index is 13.5. The molecule has 1 fully saturated rings. The summed E-state index contributed by atoms with van der Waals surface area (Å²) in [6.07, 6.45) is 2.29. The van der Waals surface area contributed by atoms with Gasteiger partial charge in [-0.05, 0) is 68.7 Å². The molecule has 2 heterocycles. The van der Waals surface area contributed by atoms with Crippen LogP contribution in [0.1, 0.15) is 58.4 Å². The fraction of sp³-hybridized carbons (Fsp3) is 0.290. The number of ketones is 1. The molecule has 0 saturated carbocycles. The van der Waals surface area contributed by atoms with Gasteiger partial charge in [-0.1, -0.05) is 43.0 Å². The SMILES string of the molecule is C=CCOC(=O)c1sc(N2C(=O)C(=O)C(=C(O)c3ccc(OCC)c(C)c3)[C@@H]2c2ccc(OCCC)cc2)nc1C. The highest BCUT2D eigenvalue weighted by Crippen LogP contribution is 2.44. The van der Waals surface area contributed by atoms with Crippen molar-refractivity contribution in [3.05, 3.63) is 88.0 Å². The molecule has 0 bridgehead atoms. The molecule has 0 spiro atoms. The molecule has 3 aromatic rings. The number of aryl methyl sites for hydroxylation is 2. The third-order valence-electron chi connectivity index (χ3n) is 6.37. The lowest BCUT2D eigenvalue weighted by Crippen LogP contribution is -2.29. The summed E-state index contributed by atoms with van der Waals surface area (Å²) in [4.78, 5) is 45.5. The number of amides is 1. The number of carbonyl (C=O) groups is 3. The predicted octanol–water partition coefficient (Wildman–Crippen LogP) is 5.92. The molecule has 0 radical (unpaired) electrons. The zero-order chi connectivity index (χ0) is 29.7. The molecule has 1 amide bonds. The van der Waals surface area contributed by atoms with Crippen molar-refractivity contribution in [2.75, 3.05) is 24.7 Å². The Balaban J connectivity index is 1.85. The lowest BCUT2D eigenvalue weighted by molar-refractivity contribution is -0.132. The molecule has 41 heavy (non-hydrogen) atoms. The molecular formula is C31H32N2O7S. The number of esters is 1. The number of thiazole rings is 1. The second-order valence-corrected chi connectivity index (χ2v) is 10.3. The smallest absolute Gasteiger partial charge is 0.350 e. The monoisotopic (exact) mass is 576 g/mol. The van der Waals surface area contributed by atoms with Gasteiger partial charge in [0, 0.05) is 5.56 Å². The van der Waals surface area contributed by atoms with Crippen molar-refractivity contribution < 1.29 is 33.7 Å². The Morgan fingerprint density at radius 2 is 1.85 bits per heavy atom. The van der Waals surface area contributed by atoms with E-state index in [4.69, 9.17) is 14.2 Å². The summed E-state index contributed by atoms with van der Waals surface area (Å²) in [6, 6.07) is 11.0. The lowest BCUT2D eigenvalue weighted by atomic mass is 9.95. The molecule has 1 aliphatic heterocycles. The number of aliphatic hydroxyl groups excluding tert-OH is 1. The molecule has 1 aliphatic rings. The number of nitrogens with zero attached hydrogens (tertiary/aromatic N) is 2. The van der Waals surface area contributed by atoms with E-state index in [0.29, 0.717) is 41.5 Å². The van der Waals surface area contributed by atoms with Crippen molar-refractivity contribution in [2.45, 2.75) is 40.2 Å². The van der Waals surface area contributed by atoms with Gasteiger partial charge in [0.2, 0.25) is 0 Å². The lowest BCUT2D eigenvalue weighted by Gasteiger charge is -2.23. The minimum atomic E-state index is -1.01. The van der Waals surface area contributed by atoms with Crippen LogP contribution in [0.3, 0.4) is 0 Å². The second-order valence-electron chi connectivity index (χ2n) is 9.30. The topological polar surface area (TPSA) is 115 Å². The van der Waals surface area contributed by atoms with Crippen molar-refractivity contribution in [3.63, 3.8) is 0 Å². The van der Waals surface area contributed by atoms with Gasteiger partial charge in [0.15, 0.2) is 5.13 Å². The van der Waals surface area contributed by atoms with Crippen molar-refractivity contribution in [1.82, 2.24) is 4.98 Å². The third-order valence-corrected chi connectivity index (χ3v) is 7.51. The number of carbonyl (C=O) groups excluding carboxylic acids is 3. The second kappa shape index (κ2) is 12.8. The average Bonchev–Trinajstić information content (AvgIpc) is 3.47. The van der Waals surface area contributed by atoms with Crippen LogP contribution >= 0.6 is 11.3 Å². The highest BCUT2D eigenvalue weighted by atomic mass is 32.1. The molecule has 1 N–H and O–H groups in total. The fourth-order valence-electron chi connectivity index (χ4n) is 4.46. The Kier molecular flexibility index (Phi) is 9.24. The maximum Gasteiger partial charge on any atom is 0.350 e. The first-order valence-electron chi connectivity index (χ1n) is 13.2. The van der Waals surface area contributed by atoms with E-state index >= 15 is 0 Å². The molecule has 1 saturated heterocycles. The van der Waals surface area contributed by atoms with E-state index in [1.54, 1.807) is 49.4 Å². The van der Waals surface area contributed by atoms with Crippen LogP contribution in [0.15, 0.2) is 60.7 Å². The van der Waals surface area contributed by atoms with Crippen molar-refractivity contribution in [2.24, 2.45) is 0 Å². The van der Waals surface area contributed by atoms with Gasteiger partial charge < -0.3 is 19.3 Å². The van der Waals surface area contributed by atoms with Gasteiger partial charge in [-0.25, -0.2) is 9.78 Å². The van der Waals surface area contributed by atoms with Crippen LogP contribution in [0.2, 0.25) is 0 Å². The molecular weight excluding hydrogens is 544 g/mol. The summed E-state index contributed by atoms with van der Waals surface area (Å²) in [5, 5.41) is 11.6. The van der Waals surface area contributed by atoms with E-state index < -0.39 is 23.7 Å². The molecule has 1 atom stereocenters. The van der Waals surface area contributed by atoms with Gasteiger partial charge in [-0.2, -0.15) is 0 Å². The standard InChI is InChI=1S/C31H32N2O7S/c1-6-15-39-22-12-9-20(10-13-22)25-24(26(34)21-11-14-23(38-8-3)18(4)17-21)27(35)29(36)33(25)31-32-19(5)28(41-31)30(37)40-16-7-2/h7,9-14,17,25,34H,2,6,8,15-16H2,1,3-5H3/t25-/m0/s1. The van der Waals surface area contributed by atoms with Crippen LogP contribution in [0.5, 0.6) is 11.5 Å². The van der Waals surface area contributed by atoms with E-state index in [1.165, 1.54) is 11.0 Å². The number of benzene rings is 2. The number of rotatable bonds is 11. The first-order valence-corrected chi connectivity index (χ1v) is 14.1. The number of anilines is 1. The quantitative estimate of drug-likeness (QED) is 0.0984. The van der Waals surface area contributed by atoms with Crippen LogP contribution in [0.25, 0.3) is 5.76 Å². The number of ether oxygens (including phenoxy) is 3. The van der Waals surface area contributed by atoms with Crippen LogP contribution in [0, 0.1) is 13.8 Å². The molecule has 4 rings (SSSR count). The number of aromatic nitrogens is 1. The molecule has 2 aromatic carbocycles. The van der Waals surface area contributed by atoms with E-state index in [9.17, 15) is 19.5 Å². The van der Waals surface area contributed by atoms with E-state index in [1.807, 2.05) is 20.8 Å². The third kappa shape index (κ3) is 6.02. The Bertz CT molecular complexity index is 1510. The molecule has 0 aliphatic carbocycles. The molecule has 214 valence electrons. The molecule has 9 nitrogen and oxygen atoms in total. The molecule has 10 heteroatoms. The molecule has 1 aromatic heterocycles. The first kappa shape index (κ1) is 29.5. The van der Waals surface area contributed by atoms with Gasteiger partial charge in [0.25, 0.3) is 5.78 Å². The summed E-state index contributed by atoms with van der Waals surface area (Å²) in [7, 11) is 0. The summed E-state index contributed by atoms with van der Waals surface area (Å²) in [6.45, 7) is 11.9. The van der Waals surface area contributed by atoms with Gasteiger partial charge >= 0.3 is 11.9 Å². The number of hydrogen-bond acceptors (Lipinski definition) is 9.